The number of benzene rings is 1. The lowest BCUT2D eigenvalue weighted by molar-refractivity contribution is -0.140. The van der Waals surface area contributed by atoms with Crippen molar-refractivity contribution in [2.75, 3.05) is 5.32 Å². The molecule has 136 valence electrons. The highest BCUT2D eigenvalue weighted by Crippen LogP contribution is 2.60. The maximum atomic E-state index is 13.2. The first-order chi connectivity index (χ1) is 13.2. The van der Waals surface area contributed by atoms with Crippen molar-refractivity contribution in [3.8, 4) is 11.8 Å². The average Bonchev–Trinajstić information content (AvgIpc) is 2.66. The molecule has 0 unspecified atom stereocenters. The Morgan fingerprint density at radius 3 is 2.37 bits per heavy atom. The van der Waals surface area contributed by atoms with E-state index in [-0.39, 0.29) is 11.3 Å². The van der Waals surface area contributed by atoms with E-state index in [1.165, 1.54) is 19.3 Å². The second kappa shape index (κ2) is 6.53. The number of pyridine rings is 1. The second-order valence-electron chi connectivity index (χ2n) is 8.70. The molecule has 27 heavy (non-hydrogen) atoms. The van der Waals surface area contributed by atoms with E-state index in [9.17, 15) is 4.79 Å². The molecule has 1 N–H and O–H groups in total. The van der Waals surface area contributed by atoms with Crippen molar-refractivity contribution in [2.45, 2.75) is 38.5 Å². The molecule has 1 aromatic carbocycles. The number of hydrogen-bond acceptors (Lipinski definition) is 2. The predicted octanol–water partition coefficient (Wildman–Crippen LogP) is 4.64. The Morgan fingerprint density at radius 1 is 0.963 bits per heavy atom. The van der Waals surface area contributed by atoms with Crippen LogP contribution in [0.4, 0.5) is 5.69 Å². The molecule has 1 aromatic heterocycles. The number of carbonyl (C=O) groups is 1. The van der Waals surface area contributed by atoms with Gasteiger partial charge in [-0.2, -0.15) is 0 Å². The van der Waals surface area contributed by atoms with Gasteiger partial charge in [0.25, 0.3) is 0 Å². The fraction of sp³-hybridized carbons (Fsp3) is 0.417. The van der Waals surface area contributed by atoms with Crippen molar-refractivity contribution in [1.29, 1.82) is 0 Å². The molecular formula is C24H24N2O. The van der Waals surface area contributed by atoms with Gasteiger partial charge in [-0.05, 0) is 92.5 Å². The summed E-state index contributed by atoms with van der Waals surface area (Å²) in [5.74, 6) is 8.78. The van der Waals surface area contributed by atoms with Gasteiger partial charge < -0.3 is 5.32 Å². The van der Waals surface area contributed by atoms with Gasteiger partial charge in [0.2, 0.25) is 5.91 Å². The highest BCUT2D eigenvalue weighted by Gasteiger charge is 2.54. The smallest absolute Gasteiger partial charge is 0.230 e. The van der Waals surface area contributed by atoms with Crippen molar-refractivity contribution < 1.29 is 4.79 Å². The summed E-state index contributed by atoms with van der Waals surface area (Å²) >= 11 is 0. The monoisotopic (exact) mass is 356 g/mol. The number of carbonyl (C=O) groups excluding carboxylic acids is 1. The first kappa shape index (κ1) is 16.6. The SMILES string of the molecule is O=C(Nc1cccc(C#Cc2ccccn2)c1)C12CC3CC(CC(C3)C1)C2. The van der Waals surface area contributed by atoms with Gasteiger partial charge >= 0.3 is 0 Å². The summed E-state index contributed by atoms with van der Waals surface area (Å²) in [6, 6.07) is 13.6. The Labute approximate surface area is 160 Å². The molecular weight excluding hydrogens is 332 g/mol. The first-order valence-electron chi connectivity index (χ1n) is 10.0. The fourth-order valence-corrected chi connectivity index (χ4v) is 5.90. The van der Waals surface area contributed by atoms with Gasteiger partial charge in [0, 0.05) is 17.4 Å². The molecule has 4 aliphatic carbocycles. The number of nitrogens with one attached hydrogen (secondary N) is 1. The van der Waals surface area contributed by atoms with Crippen molar-refractivity contribution in [3.63, 3.8) is 0 Å². The third kappa shape index (κ3) is 3.25. The Balaban J connectivity index is 1.33. The number of aromatic nitrogens is 1. The number of rotatable bonds is 2. The maximum Gasteiger partial charge on any atom is 0.230 e. The molecule has 4 fully saturated rings. The van der Waals surface area contributed by atoms with E-state index < -0.39 is 0 Å². The molecule has 4 aliphatic rings. The average molecular weight is 356 g/mol. The van der Waals surface area contributed by atoms with Gasteiger partial charge in [-0.15, -0.1) is 0 Å². The molecule has 3 nitrogen and oxygen atoms in total. The van der Waals surface area contributed by atoms with E-state index in [1.54, 1.807) is 6.20 Å². The minimum atomic E-state index is -0.121. The lowest BCUT2D eigenvalue weighted by Gasteiger charge is -2.55. The normalized spacial score (nSPS) is 30.4. The van der Waals surface area contributed by atoms with Crippen LogP contribution >= 0.6 is 0 Å². The Hall–Kier alpha value is -2.60. The van der Waals surface area contributed by atoms with Crippen LogP contribution in [0.25, 0.3) is 0 Å². The highest BCUT2D eigenvalue weighted by atomic mass is 16.2. The van der Waals surface area contributed by atoms with Crippen LogP contribution < -0.4 is 5.32 Å². The lowest BCUT2D eigenvalue weighted by atomic mass is 9.49. The van der Waals surface area contributed by atoms with Gasteiger partial charge in [0.05, 0.1) is 5.41 Å². The zero-order valence-electron chi connectivity index (χ0n) is 15.4. The quantitative estimate of drug-likeness (QED) is 0.797. The van der Waals surface area contributed by atoms with Gasteiger partial charge in [0.1, 0.15) is 5.69 Å². The van der Waals surface area contributed by atoms with Crippen LogP contribution in [0, 0.1) is 35.0 Å². The van der Waals surface area contributed by atoms with Crippen molar-refractivity contribution >= 4 is 11.6 Å². The van der Waals surface area contributed by atoms with Crippen molar-refractivity contribution in [1.82, 2.24) is 4.98 Å². The molecule has 0 radical (unpaired) electrons. The summed E-state index contributed by atoms with van der Waals surface area (Å²) in [5, 5.41) is 3.22. The van der Waals surface area contributed by atoms with Crippen LogP contribution in [0.5, 0.6) is 0 Å². The van der Waals surface area contributed by atoms with E-state index in [2.05, 4.69) is 22.1 Å². The minimum absolute atomic E-state index is 0.121. The molecule has 6 rings (SSSR count). The molecule has 4 saturated carbocycles. The van der Waals surface area contributed by atoms with Gasteiger partial charge in [-0.3, -0.25) is 4.79 Å². The standard InChI is InChI=1S/C24H24N2O/c27-23(24-14-18-10-19(15-24)12-20(11-18)16-24)26-22-6-3-4-17(13-22)7-8-21-5-1-2-9-25-21/h1-6,9,13,18-20H,10-12,14-16H2,(H,26,27). The van der Waals surface area contributed by atoms with Gasteiger partial charge in [-0.1, -0.05) is 18.1 Å². The molecule has 0 atom stereocenters. The van der Waals surface area contributed by atoms with Gasteiger partial charge in [0.15, 0.2) is 0 Å². The van der Waals surface area contributed by atoms with Crippen LogP contribution in [0.3, 0.4) is 0 Å². The predicted molar refractivity (Wildman–Crippen MR) is 106 cm³/mol. The third-order valence-electron chi connectivity index (χ3n) is 6.64. The largest absolute Gasteiger partial charge is 0.326 e. The van der Waals surface area contributed by atoms with Gasteiger partial charge in [-0.25, -0.2) is 4.98 Å². The summed E-state index contributed by atoms with van der Waals surface area (Å²) in [4.78, 5) is 17.4. The van der Waals surface area contributed by atoms with E-state index in [0.29, 0.717) is 0 Å². The molecule has 1 amide bonds. The Kier molecular flexibility index (Phi) is 4.01. The van der Waals surface area contributed by atoms with Crippen molar-refractivity contribution in [2.24, 2.45) is 23.2 Å². The highest BCUT2D eigenvalue weighted by molar-refractivity contribution is 5.95. The summed E-state index contributed by atoms with van der Waals surface area (Å²) in [7, 11) is 0. The molecule has 4 bridgehead atoms. The maximum absolute atomic E-state index is 13.2. The number of nitrogens with zero attached hydrogens (tertiary/aromatic N) is 1. The number of hydrogen-bond donors (Lipinski definition) is 1. The Bertz CT molecular complexity index is 887. The van der Waals surface area contributed by atoms with Crippen LogP contribution in [-0.2, 0) is 4.79 Å². The molecule has 0 spiro atoms. The zero-order valence-corrected chi connectivity index (χ0v) is 15.4. The summed E-state index contributed by atoms with van der Waals surface area (Å²) in [6.45, 7) is 0. The second-order valence-corrected chi connectivity index (χ2v) is 8.70. The van der Waals surface area contributed by atoms with E-state index in [1.807, 2.05) is 42.5 Å². The minimum Gasteiger partial charge on any atom is -0.326 e. The molecule has 2 aromatic rings. The van der Waals surface area contributed by atoms with Crippen molar-refractivity contribution in [3.05, 3.63) is 59.9 Å². The van der Waals surface area contributed by atoms with E-state index in [4.69, 9.17) is 0 Å². The summed E-state index contributed by atoms with van der Waals surface area (Å²) in [5.41, 5.74) is 2.37. The van der Waals surface area contributed by atoms with E-state index in [0.717, 1.165) is 54.0 Å². The van der Waals surface area contributed by atoms with Crippen LogP contribution in [0.1, 0.15) is 49.8 Å². The summed E-state index contributed by atoms with van der Waals surface area (Å²) < 4.78 is 0. The molecule has 0 aliphatic heterocycles. The molecule has 3 heteroatoms. The van der Waals surface area contributed by atoms with Crippen LogP contribution in [0.15, 0.2) is 48.7 Å². The number of amides is 1. The third-order valence-corrected chi connectivity index (χ3v) is 6.64. The topological polar surface area (TPSA) is 42.0 Å². The molecule has 1 heterocycles. The first-order valence-corrected chi connectivity index (χ1v) is 10.0. The fourth-order valence-electron chi connectivity index (χ4n) is 5.90. The van der Waals surface area contributed by atoms with Crippen LogP contribution in [0.2, 0.25) is 0 Å². The molecule has 0 saturated heterocycles. The Morgan fingerprint density at radius 2 is 1.70 bits per heavy atom. The van der Waals surface area contributed by atoms with Crippen LogP contribution in [-0.4, -0.2) is 10.9 Å². The zero-order chi connectivity index (χ0) is 18.3. The number of anilines is 1. The summed E-state index contributed by atoms with van der Waals surface area (Å²) in [6.07, 6.45) is 9.06. The van der Waals surface area contributed by atoms with E-state index >= 15 is 0 Å². The lowest BCUT2D eigenvalue weighted by Crippen LogP contribution is -2.51.